The van der Waals surface area contributed by atoms with Gasteiger partial charge in [-0.3, -0.25) is 0 Å². The van der Waals surface area contributed by atoms with Gasteiger partial charge in [0.1, 0.15) is 0 Å². The van der Waals surface area contributed by atoms with E-state index in [0.717, 1.165) is 42.0 Å². The maximum atomic E-state index is 11.7. The third-order valence-corrected chi connectivity index (χ3v) is 3.48. The summed E-state index contributed by atoms with van der Waals surface area (Å²) in [6.45, 7) is 4.22. The lowest BCUT2D eigenvalue weighted by atomic mass is 9.89. The van der Waals surface area contributed by atoms with Crippen LogP contribution in [-0.4, -0.2) is 11.1 Å². The van der Waals surface area contributed by atoms with Crippen LogP contribution in [0.4, 0.5) is 0 Å². The normalized spacial score (nSPS) is 10.8. The van der Waals surface area contributed by atoms with Crippen molar-refractivity contribution in [1.29, 1.82) is 0 Å². The van der Waals surface area contributed by atoms with Crippen LogP contribution in [0, 0.1) is 0 Å². The van der Waals surface area contributed by atoms with E-state index in [-0.39, 0.29) is 0 Å². The Morgan fingerprint density at radius 2 is 1.79 bits per heavy atom. The first-order valence-electron chi connectivity index (χ1n) is 6.95. The second-order valence-electron chi connectivity index (χ2n) is 4.92. The van der Waals surface area contributed by atoms with Gasteiger partial charge in [0.05, 0.1) is 5.56 Å². The molecule has 0 aliphatic carbocycles. The average Bonchev–Trinajstić information content (AvgIpc) is 2.39. The van der Waals surface area contributed by atoms with Crippen molar-refractivity contribution in [2.24, 2.45) is 0 Å². The van der Waals surface area contributed by atoms with Crippen LogP contribution >= 0.6 is 0 Å². The molecule has 0 atom stereocenters. The van der Waals surface area contributed by atoms with E-state index in [1.807, 2.05) is 24.3 Å². The van der Waals surface area contributed by atoms with Crippen molar-refractivity contribution in [3.05, 3.63) is 47.0 Å². The number of fused-ring (bicyclic) bond motifs is 1. The Morgan fingerprint density at radius 3 is 2.42 bits per heavy atom. The van der Waals surface area contributed by atoms with Crippen molar-refractivity contribution in [1.82, 2.24) is 0 Å². The van der Waals surface area contributed by atoms with Crippen molar-refractivity contribution in [3.8, 4) is 0 Å². The Kier molecular flexibility index (Phi) is 4.20. The van der Waals surface area contributed by atoms with E-state index in [1.165, 1.54) is 5.56 Å². The van der Waals surface area contributed by atoms with Gasteiger partial charge in [-0.05, 0) is 34.7 Å². The second kappa shape index (κ2) is 5.87. The summed E-state index contributed by atoms with van der Waals surface area (Å²) in [4.78, 5) is 11.7. The molecule has 0 aliphatic heterocycles. The first-order valence-corrected chi connectivity index (χ1v) is 6.95. The summed E-state index contributed by atoms with van der Waals surface area (Å²) in [6, 6.07) is 9.94. The Labute approximate surface area is 114 Å². The van der Waals surface area contributed by atoms with Crippen molar-refractivity contribution >= 4 is 16.7 Å². The van der Waals surface area contributed by atoms with Gasteiger partial charge >= 0.3 is 5.97 Å². The summed E-state index contributed by atoms with van der Waals surface area (Å²) in [5, 5.41) is 11.5. The predicted octanol–water partition coefficient (Wildman–Crippen LogP) is 4.44. The fourth-order valence-corrected chi connectivity index (χ4v) is 2.72. The molecule has 0 aromatic heterocycles. The Morgan fingerprint density at radius 1 is 1.11 bits per heavy atom. The van der Waals surface area contributed by atoms with E-state index in [1.54, 1.807) is 0 Å². The van der Waals surface area contributed by atoms with E-state index in [2.05, 4.69) is 19.9 Å². The van der Waals surface area contributed by atoms with Gasteiger partial charge in [0.2, 0.25) is 0 Å². The van der Waals surface area contributed by atoms with Gasteiger partial charge in [-0.25, -0.2) is 4.79 Å². The van der Waals surface area contributed by atoms with Gasteiger partial charge in [-0.15, -0.1) is 0 Å². The second-order valence-corrected chi connectivity index (χ2v) is 4.92. The molecule has 0 saturated heterocycles. The lowest BCUT2D eigenvalue weighted by Crippen LogP contribution is -2.07. The molecule has 0 heterocycles. The molecule has 0 saturated carbocycles. The van der Waals surface area contributed by atoms with Crippen LogP contribution in [-0.2, 0) is 12.8 Å². The smallest absolute Gasteiger partial charge is 0.336 e. The zero-order valence-corrected chi connectivity index (χ0v) is 11.6. The van der Waals surface area contributed by atoms with E-state index >= 15 is 0 Å². The number of hydrogen-bond donors (Lipinski definition) is 1. The molecular weight excluding hydrogens is 236 g/mol. The zero-order valence-electron chi connectivity index (χ0n) is 11.6. The maximum Gasteiger partial charge on any atom is 0.336 e. The third kappa shape index (κ3) is 2.62. The number of benzene rings is 2. The molecule has 0 bridgehead atoms. The largest absolute Gasteiger partial charge is 0.478 e. The van der Waals surface area contributed by atoms with Gasteiger partial charge in [0, 0.05) is 0 Å². The number of carboxylic acid groups (broad SMARTS) is 1. The summed E-state index contributed by atoms with van der Waals surface area (Å²) in [6.07, 6.45) is 3.78. The van der Waals surface area contributed by atoms with Crippen molar-refractivity contribution < 1.29 is 9.90 Å². The molecule has 0 spiro atoms. The lowest BCUT2D eigenvalue weighted by molar-refractivity contribution is 0.0697. The number of rotatable bonds is 5. The van der Waals surface area contributed by atoms with Gasteiger partial charge in [0.25, 0.3) is 0 Å². The van der Waals surface area contributed by atoms with Crippen LogP contribution in [0.25, 0.3) is 10.8 Å². The van der Waals surface area contributed by atoms with Gasteiger partial charge in [0.15, 0.2) is 0 Å². The molecule has 0 amide bonds. The van der Waals surface area contributed by atoms with E-state index in [0.29, 0.717) is 5.56 Å². The molecule has 100 valence electrons. The fraction of sp³-hybridized carbons (Fsp3) is 0.353. The summed E-state index contributed by atoms with van der Waals surface area (Å²) in [7, 11) is 0. The monoisotopic (exact) mass is 256 g/mol. The SMILES string of the molecule is CCCc1cc2ccccc2c(C(=O)O)c1CCC. The van der Waals surface area contributed by atoms with Gasteiger partial charge in [-0.1, -0.05) is 57.0 Å². The lowest BCUT2D eigenvalue weighted by Gasteiger charge is -2.15. The van der Waals surface area contributed by atoms with Crippen molar-refractivity contribution in [3.63, 3.8) is 0 Å². The Bertz CT molecular complexity index is 599. The van der Waals surface area contributed by atoms with Crippen LogP contribution < -0.4 is 0 Å². The molecule has 0 aliphatic rings. The minimum Gasteiger partial charge on any atom is -0.478 e. The minimum atomic E-state index is -0.808. The quantitative estimate of drug-likeness (QED) is 0.858. The topological polar surface area (TPSA) is 37.3 Å². The molecule has 2 nitrogen and oxygen atoms in total. The van der Waals surface area contributed by atoms with Crippen molar-refractivity contribution in [2.75, 3.05) is 0 Å². The van der Waals surface area contributed by atoms with Crippen molar-refractivity contribution in [2.45, 2.75) is 39.5 Å². The highest BCUT2D eigenvalue weighted by atomic mass is 16.4. The Balaban J connectivity index is 2.78. The third-order valence-electron chi connectivity index (χ3n) is 3.48. The van der Waals surface area contributed by atoms with E-state index < -0.39 is 5.97 Å². The molecule has 0 fully saturated rings. The van der Waals surface area contributed by atoms with Crippen LogP contribution in [0.1, 0.15) is 48.2 Å². The van der Waals surface area contributed by atoms with Gasteiger partial charge in [-0.2, -0.15) is 0 Å². The van der Waals surface area contributed by atoms with Gasteiger partial charge < -0.3 is 5.11 Å². The summed E-state index contributed by atoms with van der Waals surface area (Å²) in [5.41, 5.74) is 2.72. The Hall–Kier alpha value is -1.83. The first kappa shape index (κ1) is 13.6. The van der Waals surface area contributed by atoms with Crippen LogP contribution in [0.15, 0.2) is 30.3 Å². The van der Waals surface area contributed by atoms with E-state index in [9.17, 15) is 9.90 Å². The molecule has 0 radical (unpaired) electrons. The standard InChI is InChI=1S/C17H20O2/c1-3-7-12-11-13-9-5-6-10-15(13)16(17(18)19)14(12)8-4-2/h5-6,9-11H,3-4,7-8H2,1-2H3,(H,18,19). The molecule has 2 heteroatoms. The molecule has 2 rings (SSSR count). The number of hydrogen-bond acceptors (Lipinski definition) is 1. The van der Waals surface area contributed by atoms with Crippen LogP contribution in [0.2, 0.25) is 0 Å². The van der Waals surface area contributed by atoms with Crippen LogP contribution in [0.5, 0.6) is 0 Å². The number of aromatic carboxylic acids is 1. The molecule has 19 heavy (non-hydrogen) atoms. The molecule has 0 unspecified atom stereocenters. The molecule has 1 N–H and O–H groups in total. The van der Waals surface area contributed by atoms with Crippen LogP contribution in [0.3, 0.4) is 0 Å². The number of carbonyl (C=O) groups is 1. The maximum absolute atomic E-state index is 11.7. The number of carboxylic acids is 1. The first-order chi connectivity index (χ1) is 9.19. The molecule has 2 aromatic rings. The molecular formula is C17H20O2. The summed E-state index contributed by atoms with van der Waals surface area (Å²) in [5.74, 6) is -0.808. The zero-order chi connectivity index (χ0) is 13.8. The fourth-order valence-electron chi connectivity index (χ4n) is 2.72. The number of aryl methyl sites for hydroxylation is 1. The summed E-state index contributed by atoms with van der Waals surface area (Å²) < 4.78 is 0. The highest BCUT2D eigenvalue weighted by Crippen LogP contribution is 2.28. The van der Waals surface area contributed by atoms with E-state index in [4.69, 9.17) is 0 Å². The predicted molar refractivity (Wildman–Crippen MR) is 78.9 cm³/mol. The highest BCUT2D eigenvalue weighted by Gasteiger charge is 2.17. The minimum absolute atomic E-state index is 0.503. The molecule has 2 aromatic carbocycles. The average molecular weight is 256 g/mol. The summed E-state index contributed by atoms with van der Waals surface area (Å²) >= 11 is 0. The highest BCUT2D eigenvalue weighted by molar-refractivity contribution is 6.05.